The molecule has 0 spiro atoms. The average Bonchev–Trinajstić information content (AvgIpc) is 3.28. The van der Waals surface area contributed by atoms with Gasteiger partial charge in [-0.25, -0.2) is 4.39 Å². The normalized spacial score (nSPS) is 18.7. The summed E-state index contributed by atoms with van der Waals surface area (Å²) in [6.45, 7) is 2.53. The van der Waals surface area contributed by atoms with Crippen molar-refractivity contribution in [3.8, 4) is 6.07 Å². The number of likely N-dealkylation sites (tertiary alicyclic amines) is 1. The number of halogens is 2. The van der Waals surface area contributed by atoms with E-state index < -0.39 is 11.9 Å². The number of benzene rings is 2. The highest BCUT2D eigenvalue weighted by molar-refractivity contribution is 9.10. The van der Waals surface area contributed by atoms with Crippen LogP contribution in [0.4, 0.5) is 10.1 Å². The highest BCUT2D eigenvalue weighted by Gasteiger charge is 2.37. The Hall–Kier alpha value is -2.92. The van der Waals surface area contributed by atoms with Gasteiger partial charge in [0.2, 0.25) is 5.91 Å². The van der Waals surface area contributed by atoms with Gasteiger partial charge in [0.15, 0.2) is 0 Å². The second-order valence-corrected chi connectivity index (χ2v) is 8.64. The topological polar surface area (TPSA) is 67.7 Å². The van der Waals surface area contributed by atoms with Crippen LogP contribution in [0, 0.1) is 17.1 Å². The zero-order chi connectivity index (χ0) is 22.0. The first-order chi connectivity index (χ1) is 15.0. The Balaban J connectivity index is 1.42. The maximum Gasteiger partial charge on any atom is 0.254 e. The van der Waals surface area contributed by atoms with Gasteiger partial charge in [0.1, 0.15) is 23.5 Å². The lowest BCUT2D eigenvalue weighted by Crippen LogP contribution is -2.54. The molecule has 1 unspecified atom stereocenters. The number of nitrogens with zero attached hydrogens (tertiary/aromatic N) is 4. The van der Waals surface area contributed by atoms with Crippen molar-refractivity contribution in [3.63, 3.8) is 0 Å². The average molecular weight is 485 g/mol. The lowest BCUT2D eigenvalue weighted by atomic mass is 10.1. The molecule has 2 saturated heterocycles. The summed E-state index contributed by atoms with van der Waals surface area (Å²) in [5, 5.41) is 9.28. The molecule has 6 nitrogen and oxygen atoms in total. The van der Waals surface area contributed by atoms with Gasteiger partial charge < -0.3 is 14.7 Å². The Morgan fingerprint density at radius 3 is 2.42 bits per heavy atom. The van der Waals surface area contributed by atoms with Crippen LogP contribution < -0.4 is 4.90 Å². The second-order valence-electron chi connectivity index (χ2n) is 7.72. The fraction of sp³-hybridized carbons (Fsp3) is 0.348. The highest BCUT2D eigenvalue weighted by Crippen LogP contribution is 2.26. The minimum Gasteiger partial charge on any atom is -0.367 e. The standard InChI is InChI=1S/C23H22BrFN4O2/c24-17-8-6-16(7-9-17)22(30)29-10-2-5-21(29)23(31)28-13-11-27(12-14-28)20-4-1-3-19(25)18(20)15-26/h1,3-4,6-9,21H,2,5,10-14H2. The van der Waals surface area contributed by atoms with Crippen molar-refractivity contribution in [2.24, 2.45) is 0 Å². The third kappa shape index (κ3) is 4.28. The molecular formula is C23H22BrFN4O2. The molecule has 8 heteroatoms. The Morgan fingerprint density at radius 1 is 1.03 bits per heavy atom. The molecule has 0 N–H and O–H groups in total. The zero-order valence-electron chi connectivity index (χ0n) is 16.9. The SMILES string of the molecule is N#Cc1c(F)cccc1N1CCN(C(=O)C2CCCN2C(=O)c2ccc(Br)cc2)CC1. The van der Waals surface area contributed by atoms with Crippen molar-refractivity contribution in [1.82, 2.24) is 9.80 Å². The molecule has 31 heavy (non-hydrogen) atoms. The van der Waals surface area contributed by atoms with E-state index in [4.69, 9.17) is 0 Å². The Labute approximate surface area is 189 Å². The molecule has 2 amide bonds. The van der Waals surface area contributed by atoms with E-state index >= 15 is 0 Å². The highest BCUT2D eigenvalue weighted by atomic mass is 79.9. The van der Waals surface area contributed by atoms with Crippen LogP contribution in [-0.4, -0.2) is 60.4 Å². The molecule has 2 fully saturated rings. The van der Waals surface area contributed by atoms with Gasteiger partial charge in [-0.15, -0.1) is 0 Å². The summed E-state index contributed by atoms with van der Waals surface area (Å²) in [7, 11) is 0. The van der Waals surface area contributed by atoms with Crippen LogP contribution in [-0.2, 0) is 4.79 Å². The van der Waals surface area contributed by atoms with E-state index in [1.54, 1.807) is 34.1 Å². The zero-order valence-corrected chi connectivity index (χ0v) is 18.5. The van der Waals surface area contributed by atoms with E-state index in [1.807, 2.05) is 23.1 Å². The molecular weight excluding hydrogens is 463 g/mol. The van der Waals surface area contributed by atoms with Crippen LogP contribution >= 0.6 is 15.9 Å². The number of carbonyl (C=O) groups excluding carboxylic acids is 2. The van der Waals surface area contributed by atoms with E-state index in [1.165, 1.54) is 6.07 Å². The molecule has 2 aliphatic rings. The van der Waals surface area contributed by atoms with E-state index in [-0.39, 0.29) is 17.4 Å². The van der Waals surface area contributed by atoms with Crippen LogP contribution in [0.5, 0.6) is 0 Å². The molecule has 2 aliphatic heterocycles. The Morgan fingerprint density at radius 2 is 1.74 bits per heavy atom. The van der Waals surface area contributed by atoms with E-state index in [9.17, 15) is 19.2 Å². The molecule has 4 rings (SSSR count). The van der Waals surface area contributed by atoms with Crippen molar-refractivity contribution in [3.05, 3.63) is 63.9 Å². The van der Waals surface area contributed by atoms with Gasteiger partial charge in [-0.2, -0.15) is 5.26 Å². The molecule has 0 aromatic heterocycles. The molecule has 0 saturated carbocycles. The lowest BCUT2D eigenvalue weighted by molar-refractivity contribution is -0.135. The summed E-state index contributed by atoms with van der Waals surface area (Å²) in [6.07, 6.45) is 1.46. The van der Waals surface area contributed by atoms with Crippen LogP contribution in [0.1, 0.15) is 28.8 Å². The largest absolute Gasteiger partial charge is 0.367 e. The van der Waals surface area contributed by atoms with Gasteiger partial charge in [0.25, 0.3) is 5.91 Å². The summed E-state index contributed by atoms with van der Waals surface area (Å²) < 4.78 is 14.8. The van der Waals surface area contributed by atoms with Gasteiger partial charge in [-0.1, -0.05) is 22.0 Å². The minimum atomic E-state index is -0.536. The number of nitriles is 1. The van der Waals surface area contributed by atoms with Crippen LogP contribution in [0.15, 0.2) is 46.9 Å². The molecule has 0 radical (unpaired) electrons. The number of hydrogen-bond donors (Lipinski definition) is 0. The maximum atomic E-state index is 13.9. The number of hydrogen-bond acceptors (Lipinski definition) is 4. The number of anilines is 1. The second kappa shape index (κ2) is 9.06. The van der Waals surface area contributed by atoms with Gasteiger partial charge in [0.05, 0.1) is 5.69 Å². The molecule has 2 aromatic rings. The van der Waals surface area contributed by atoms with Crippen molar-refractivity contribution < 1.29 is 14.0 Å². The van der Waals surface area contributed by atoms with Crippen LogP contribution in [0.2, 0.25) is 0 Å². The maximum absolute atomic E-state index is 13.9. The lowest BCUT2D eigenvalue weighted by Gasteiger charge is -2.38. The third-order valence-corrected chi connectivity index (χ3v) is 6.45. The van der Waals surface area contributed by atoms with Crippen molar-refractivity contribution in [1.29, 1.82) is 5.26 Å². The van der Waals surface area contributed by atoms with Crippen LogP contribution in [0.25, 0.3) is 0 Å². The van der Waals surface area contributed by atoms with Crippen LogP contribution in [0.3, 0.4) is 0 Å². The van der Waals surface area contributed by atoms with Gasteiger partial charge in [0, 0.05) is 42.8 Å². The first kappa shape index (κ1) is 21.3. The molecule has 0 bridgehead atoms. The monoisotopic (exact) mass is 484 g/mol. The molecule has 1 atom stereocenters. The molecule has 0 aliphatic carbocycles. The van der Waals surface area contributed by atoms with E-state index in [0.717, 1.165) is 10.9 Å². The van der Waals surface area contributed by atoms with Gasteiger partial charge >= 0.3 is 0 Å². The van der Waals surface area contributed by atoms with Crippen molar-refractivity contribution in [2.45, 2.75) is 18.9 Å². The first-order valence-corrected chi connectivity index (χ1v) is 11.1. The van der Waals surface area contributed by atoms with E-state index in [0.29, 0.717) is 50.4 Å². The smallest absolute Gasteiger partial charge is 0.254 e. The first-order valence-electron chi connectivity index (χ1n) is 10.3. The quantitative estimate of drug-likeness (QED) is 0.669. The van der Waals surface area contributed by atoms with Gasteiger partial charge in [-0.05, 0) is 49.2 Å². The number of carbonyl (C=O) groups is 2. The van der Waals surface area contributed by atoms with Gasteiger partial charge in [-0.3, -0.25) is 9.59 Å². The van der Waals surface area contributed by atoms with E-state index in [2.05, 4.69) is 15.9 Å². The summed E-state index contributed by atoms with van der Waals surface area (Å²) in [5.41, 5.74) is 1.16. The molecule has 2 aromatic carbocycles. The molecule has 2 heterocycles. The fourth-order valence-corrected chi connectivity index (χ4v) is 4.55. The number of piperazine rings is 1. The molecule has 160 valence electrons. The Kier molecular flexibility index (Phi) is 6.23. The number of amides is 2. The minimum absolute atomic E-state index is 0.0318. The third-order valence-electron chi connectivity index (χ3n) is 5.93. The predicted molar refractivity (Wildman–Crippen MR) is 118 cm³/mol. The summed E-state index contributed by atoms with van der Waals surface area (Å²) >= 11 is 3.37. The summed E-state index contributed by atoms with van der Waals surface area (Å²) in [4.78, 5) is 31.6. The summed E-state index contributed by atoms with van der Waals surface area (Å²) in [5.74, 6) is -0.700. The Bertz CT molecular complexity index is 1030. The summed E-state index contributed by atoms with van der Waals surface area (Å²) in [6, 6.07) is 13.2. The van der Waals surface area contributed by atoms with Crippen molar-refractivity contribution >= 4 is 33.4 Å². The predicted octanol–water partition coefficient (Wildman–Crippen LogP) is 3.41. The fourth-order valence-electron chi connectivity index (χ4n) is 4.29. The number of rotatable bonds is 3. The van der Waals surface area contributed by atoms with Crippen molar-refractivity contribution in [2.75, 3.05) is 37.6 Å².